The van der Waals surface area contributed by atoms with E-state index in [1.54, 1.807) is 0 Å². The van der Waals surface area contributed by atoms with E-state index in [1.807, 2.05) is 29.2 Å². The van der Waals surface area contributed by atoms with Gasteiger partial charge in [0.25, 0.3) is 5.91 Å². The van der Waals surface area contributed by atoms with Crippen LogP contribution >= 0.6 is 11.6 Å². The highest BCUT2D eigenvalue weighted by atomic mass is 35.5. The fraction of sp³-hybridized carbons (Fsp3) is 0.450. The van der Waals surface area contributed by atoms with Gasteiger partial charge in [0, 0.05) is 35.4 Å². The lowest BCUT2D eigenvalue weighted by Gasteiger charge is -2.24. The Labute approximate surface area is 162 Å². The number of amides is 1. The highest BCUT2D eigenvalue weighted by Gasteiger charge is 2.35. The average Bonchev–Trinajstić information content (AvgIpc) is 3.35. The molecule has 0 radical (unpaired) electrons. The summed E-state index contributed by atoms with van der Waals surface area (Å²) in [5, 5.41) is 10.5. The van der Waals surface area contributed by atoms with Crippen LogP contribution in [-0.4, -0.2) is 37.1 Å². The van der Waals surface area contributed by atoms with E-state index in [2.05, 4.69) is 19.7 Å². The summed E-state index contributed by atoms with van der Waals surface area (Å²) < 4.78 is 2.26. The van der Waals surface area contributed by atoms with E-state index in [1.165, 1.54) is 12.8 Å². The molecule has 0 saturated carbocycles. The summed E-state index contributed by atoms with van der Waals surface area (Å²) in [6, 6.07) is 7.52. The molecule has 0 bridgehead atoms. The molecule has 7 heteroatoms. The number of aryl methyl sites for hydroxylation is 1. The number of hydrogen-bond acceptors (Lipinski definition) is 3. The number of hydrogen-bond donors (Lipinski definition) is 1. The predicted octanol–water partition coefficient (Wildman–Crippen LogP) is 4.12. The Morgan fingerprint density at radius 1 is 1.11 bits per heavy atom. The Kier molecular flexibility index (Phi) is 4.16. The van der Waals surface area contributed by atoms with Crippen molar-refractivity contribution < 1.29 is 4.79 Å². The Hall–Kier alpha value is -2.34. The summed E-state index contributed by atoms with van der Waals surface area (Å²) >= 11 is 6.08. The summed E-state index contributed by atoms with van der Waals surface area (Å²) in [6.07, 6.45) is 6.47. The molecule has 3 aromatic rings. The van der Waals surface area contributed by atoms with Gasteiger partial charge in [-0.25, -0.2) is 0 Å². The molecule has 1 unspecified atom stereocenters. The van der Waals surface area contributed by atoms with Gasteiger partial charge in [-0.15, -0.1) is 10.2 Å². The number of aromatic nitrogens is 4. The van der Waals surface area contributed by atoms with Crippen LogP contribution in [0.25, 0.3) is 10.9 Å². The second-order valence-electron chi connectivity index (χ2n) is 7.51. The second kappa shape index (κ2) is 6.68. The molecule has 1 saturated heterocycles. The van der Waals surface area contributed by atoms with Crippen LogP contribution in [0, 0.1) is 0 Å². The Morgan fingerprint density at radius 3 is 2.96 bits per heavy atom. The summed E-state index contributed by atoms with van der Waals surface area (Å²) in [5.74, 6) is 2.05. The van der Waals surface area contributed by atoms with Crippen molar-refractivity contribution in [3.8, 4) is 0 Å². The monoisotopic (exact) mass is 383 g/mol. The first kappa shape index (κ1) is 16.8. The van der Waals surface area contributed by atoms with Gasteiger partial charge in [0.1, 0.15) is 11.5 Å². The molecule has 0 aliphatic carbocycles. The van der Waals surface area contributed by atoms with E-state index in [9.17, 15) is 4.79 Å². The van der Waals surface area contributed by atoms with Crippen molar-refractivity contribution in [1.82, 2.24) is 24.6 Å². The smallest absolute Gasteiger partial charge is 0.270 e. The second-order valence-corrected chi connectivity index (χ2v) is 7.94. The van der Waals surface area contributed by atoms with Crippen LogP contribution in [0.4, 0.5) is 0 Å². The number of likely N-dealkylation sites (tertiary alicyclic amines) is 1. The molecule has 2 aliphatic heterocycles. The number of carbonyl (C=O) groups is 1. The van der Waals surface area contributed by atoms with Crippen molar-refractivity contribution in [2.24, 2.45) is 0 Å². The van der Waals surface area contributed by atoms with Gasteiger partial charge >= 0.3 is 0 Å². The number of carbonyl (C=O) groups excluding carboxylic acids is 1. The van der Waals surface area contributed by atoms with Gasteiger partial charge in [-0.2, -0.15) is 0 Å². The molecular formula is C20H22ClN5O. The van der Waals surface area contributed by atoms with Crippen molar-refractivity contribution >= 4 is 28.4 Å². The first-order chi connectivity index (χ1) is 13.2. The topological polar surface area (TPSA) is 66.8 Å². The third-order valence-corrected chi connectivity index (χ3v) is 6.00. The summed E-state index contributed by atoms with van der Waals surface area (Å²) in [6.45, 7) is 1.71. The van der Waals surface area contributed by atoms with Crippen molar-refractivity contribution in [2.45, 2.75) is 51.1 Å². The minimum absolute atomic E-state index is 0.00634. The Morgan fingerprint density at radius 2 is 2.04 bits per heavy atom. The van der Waals surface area contributed by atoms with Gasteiger partial charge in [-0.05, 0) is 49.9 Å². The molecular weight excluding hydrogens is 362 g/mol. The van der Waals surface area contributed by atoms with Gasteiger partial charge in [0.15, 0.2) is 5.82 Å². The average molecular weight is 384 g/mol. The van der Waals surface area contributed by atoms with Crippen LogP contribution in [0.1, 0.15) is 60.3 Å². The van der Waals surface area contributed by atoms with Crippen LogP contribution in [0.3, 0.4) is 0 Å². The van der Waals surface area contributed by atoms with E-state index in [0.29, 0.717) is 10.7 Å². The third kappa shape index (κ3) is 2.92. The van der Waals surface area contributed by atoms with E-state index < -0.39 is 0 Å². The lowest BCUT2D eigenvalue weighted by atomic mass is 10.2. The summed E-state index contributed by atoms with van der Waals surface area (Å²) in [7, 11) is 0. The van der Waals surface area contributed by atoms with Gasteiger partial charge in [-0.3, -0.25) is 4.79 Å². The maximum absolute atomic E-state index is 13.2. The fourth-order valence-corrected chi connectivity index (χ4v) is 4.59. The van der Waals surface area contributed by atoms with Crippen molar-refractivity contribution in [3.05, 3.63) is 46.6 Å². The number of nitrogens with zero attached hydrogens (tertiary/aromatic N) is 4. The Bertz CT molecular complexity index is 1010. The predicted molar refractivity (Wildman–Crippen MR) is 104 cm³/mol. The minimum Gasteiger partial charge on any atom is -0.351 e. The number of H-pyrrole nitrogens is 1. The number of aromatic amines is 1. The van der Waals surface area contributed by atoms with E-state index >= 15 is 0 Å². The number of nitrogens with one attached hydrogen (secondary N) is 1. The van der Waals surface area contributed by atoms with Crippen LogP contribution < -0.4 is 0 Å². The number of fused-ring (bicyclic) bond motifs is 2. The molecule has 27 heavy (non-hydrogen) atoms. The molecule has 1 atom stereocenters. The van der Waals surface area contributed by atoms with Gasteiger partial charge in [-0.1, -0.05) is 18.0 Å². The van der Waals surface area contributed by atoms with Crippen LogP contribution in [-0.2, 0) is 13.0 Å². The first-order valence-electron chi connectivity index (χ1n) is 9.72. The molecule has 0 spiro atoms. The molecule has 1 fully saturated rings. The normalized spacial score (nSPS) is 20.0. The van der Waals surface area contributed by atoms with Crippen LogP contribution in [0.5, 0.6) is 0 Å². The number of halogens is 1. The van der Waals surface area contributed by atoms with Gasteiger partial charge in [0.05, 0.1) is 6.04 Å². The zero-order valence-electron chi connectivity index (χ0n) is 15.1. The third-order valence-electron chi connectivity index (χ3n) is 5.76. The minimum atomic E-state index is 0.00634. The lowest BCUT2D eigenvalue weighted by Crippen LogP contribution is -2.32. The zero-order valence-corrected chi connectivity index (χ0v) is 15.9. The SMILES string of the molecule is O=C(c1cc2cc(Cl)ccc2[nH]1)N1CCCC1c1nnc2n1CCCCC2. The summed E-state index contributed by atoms with van der Waals surface area (Å²) in [4.78, 5) is 18.4. The largest absolute Gasteiger partial charge is 0.351 e. The lowest BCUT2D eigenvalue weighted by molar-refractivity contribution is 0.0722. The van der Waals surface area contributed by atoms with E-state index in [4.69, 9.17) is 11.6 Å². The molecule has 2 aliphatic rings. The Balaban J connectivity index is 1.47. The zero-order chi connectivity index (χ0) is 18.4. The standard InChI is InChI=1S/C20H22ClN5O/c21-14-7-8-15-13(11-14)12-16(22-15)20(27)25-10-4-5-17(25)19-24-23-18-6-2-1-3-9-26(18)19/h7-8,11-12,17,22H,1-6,9-10H2. The van der Waals surface area contributed by atoms with Crippen molar-refractivity contribution in [2.75, 3.05) is 6.54 Å². The quantitative estimate of drug-likeness (QED) is 0.723. The first-order valence-corrected chi connectivity index (χ1v) is 10.1. The van der Waals surface area contributed by atoms with Crippen LogP contribution in [0.2, 0.25) is 5.02 Å². The molecule has 1 N–H and O–H groups in total. The fourth-order valence-electron chi connectivity index (χ4n) is 4.41. The number of benzene rings is 1. The number of rotatable bonds is 2. The van der Waals surface area contributed by atoms with Crippen molar-refractivity contribution in [3.63, 3.8) is 0 Å². The van der Waals surface area contributed by atoms with Crippen LogP contribution in [0.15, 0.2) is 24.3 Å². The van der Waals surface area contributed by atoms with E-state index in [0.717, 1.165) is 61.3 Å². The highest BCUT2D eigenvalue weighted by molar-refractivity contribution is 6.31. The molecule has 5 rings (SSSR count). The van der Waals surface area contributed by atoms with Crippen molar-refractivity contribution in [1.29, 1.82) is 0 Å². The molecule has 1 aromatic carbocycles. The van der Waals surface area contributed by atoms with E-state index in [-0.39, 0.29) is 11.9 Å². The molecule has 6 nitrogen and oxygen atoms in total. The molecule has 140 valence electrons. The molecule has 2 aromatic heterocycles. The maximum atomic E-state index is 13.2. The maximum Gasteiger partial charge on any atom is 0.270 e. The van der Waals surface area contributed by atoms with Gasteiger partial charge < -0.3 is 14.5 Å². The highest BCUT2D eigenvalue weighted by Crippen LogP contribution is 2.34. The molecule has 4 heterocycles. The molecule has 1 amide bonds. The van der Waals surface area contributed by atoms with Gasteiger partial charge in [0.2, 0.25) is 0 Å². The summed E-state index contributed by atoms with van der Waals surface area (Å²) in [5.41, 5.74) is 1.53.